The molecule has 5 nitrogen and oxygen atoms in total. The zero-order chi connectivity index (χ0) is 13.9. The van der Waals surface area contributed by atoms with E-state index < -0.39 is 0 Å². The van der Waals surface area contributed by atoms with Gasteiger partial charge in [-0.1, -0.05) is 0 Å². The molecule has 1 amide bonds. The molecule has 1 aromatic rings. The monoisotopic (exact) mass is 266 g/mol. The van der Waals surface area contributed by atoms with Gasteiger partial charge in [0.1, 0.15) is 5.75 Å². The van der Waals surface area contributed by atoms with Crippen LogP contribution >= 0.6 is 0 Å². The minimum Gasteiger partial charge on any atom is -0.493 e. The number of carbonyl (C=O) groups is 1. The molecule has 0 heterocycles. The lowest BCUT2D eigenvalue weighted by Crippen LogP contribution is -2.25. The quantitative estimate of drug-likeness (QED) is 0.465. The number of nitrogens with one attached hydrogen (secondary N) is 1. The zero-order valence-electron chi connectivity index (χ0n) is 11.1. The van der Waals surface area contributed by atoms with E-state index in [1.165, 1.54) is 0 Å². The summed E-state index contributed by atoms with van der Waals surface area (Å²) in [6, 6.07) is 7.08. The third-order valence-corrected chi connectivity index (χ3v) is 2.64. The van der Waals surface area contributed by atoms with Crippen molar-refractivity contribution < 1.29 is 14.6 Å². The summed E-state index contributed by atoms with van der Waals surface area (Å²) in [5, 5.41) is 11.4. The first-order valence-electron chi connectivity index (χ1n) is 6.58. The molecule has 1 rings (SSSR count). The number of benzene rings is 1. The maximum atomic E-state index is 11.5. The van der Waals surface area contributed by atoms with Crippen molar-refractivity contribution in [2.75, 3.05) is 25.5 Å². The third kappa shape index (κ3) is 7.31. The largest absolute Gasteiger partial charge is 0.493 e. The van der Waals surface area contributed by atoms with Crippen LogP contribution in [0.1, 0.15) is 25.7 Å². The molecule has 0 saturated heterocycles. The highest BCUT2D eigenvalue weighted by Gasteiger charge is 2.01. The normalized spacial score (nSPS) is 10.2. The maximum absolute atomic E-state index is 11.5. The van der Waals surface area contributed by atoms with E-state index in [1.54, 1.807) is 24.3 Å². The Morgan fingerprint density at radius 3 is 2.63 bits per heavy atom. The van der Waals surface area contributed by atoms with Crippen molar-refractivity contribution in [1.82, 2.24) is 5.32 Å². The van der Waals surface area contributed by atoms with Crippen LogP contribution in [0, 0.1) is 0 Å². The molecule has 0 spiro atoms. The van der Waals surface area contributed by atoms with Gasteiger partial charge < -0.3 is 20.9 Å². The summed E-state index contributed by atoms with van der Waals surface area (Å²) in [7, 11) is 0. The summed E-state index contributed by atoms with van der Waals surface area (Å²) in [6.07, 6.45) is 2.95. The van der Waals surface area contributed by atoms with Crippen LogP contribution in [-0.4, -0.2) is 30.8 Å². The Kier molecular flexibility index (Phi) is 7.43. The molecule has 0 aliphatic rings. The fraction of sp³-hybridized carbons (Fsp3) is 0.500. The molecule has 19 heavy (non-hydrogen) atoms. The van der Waals surface area contributed by atoms with Crippen LogP contribution in [0.25, 0.3) is 0 Å². The van der Waals surface area contributed by atoms with Crippen molar-refractivity contribution >= 4 is 11.6 Å². The van der Waals surface area contributed by atoms with Crippen LogP contribution in [0.3, 0.4) is 0 Å². The number of carbonyl (C=O) groups excluding carboxylic acids is 1. The van der Waals surface area contributed by atoms with Crippen molar-refractivity contribution in [2.24, 2.45) is 0 Å². The number of aliphatic hydroxyl groups is 1. The number of unbranched alkanes of at least 4 members (excludes halogenated alkanes) is 2. The van der Waals surface area contributed by atoms with E-state index in [-0.39, 0.29) is 12.5 Å². The Hall–Kier alpha value is -1.75. The van der Waals surface area contributed by atoms with Gasteiger partial charge in [-0.3, -0.25) is 4.79 Å². The second-order valence-corrected chi connectivity index (χ2v) is 4.30. The number of amides is 1. The van der Waals surface area contributed by atoms with Gasteiger partial charge in [0.15, 0.2) is 0 Å². The van der Waals surface area contributed by atoms with Gasteiger partial charge in [-0.25, -0.2) is 0 Å². The number of aliphatic hydroxyl groups excluding tert-OH is 1. The smallest absolute Gasteiger partial charge is 0.223 e. The molecule has 0 saturated carbocycles. The number of nitrogen functional groups attached to an aromatic ring is 1. The number of anilines is 1. The van der Waals surface area contributed by atoms with Gasteiger partial charge in [0.2, 0.25) is 5.91 Å². The number of ether oxygens (including phenoxy) is 1. The first-order valence-corrected chi connectivity index (χ1v) is 6.58. The first kappa shape index (κ1) is 15.3. The molecule has 0 aromatic heterocycles. The average molecular weight is 266 g/mol. The van der Waals surface area contributed by atoms with E-state index in [9.17, 15) is 4.79 Å². The van der Waals surface area contributed by atoms with Gasteiger partial charge >= 0.3 is 0 Å². The second-order valence-electron chi connectivity index (χ2n) is 4.30. The van der Waals surface area contributed by atoms with Crippen LogP contribution in [0.15, 0.2) is 24.3 Å². The second kappa shape index (κ2) is 9.22. The Bertz CT molecular complexity index is 365. The fourth-order valence-electron chi connectivity index (χ4n) is 1.56. The Labute approximate surface area is 113 Å². The molecule has 106 valence electrons. The molecule has 0 aliphatic heterocycles. The van der Waals surface area contributed by atoms with E-state index in [1.807, 2.05) is 0 Å². The molecule has 0 fully saturated rings. The van der Waals surface area contributed by atoms with E-state index in [0.717, 1.165) is 19.3 Å². The van der Waals surface area contributed by atoms with Gasteiger partial charge in [0, 0.05) is 18.8 Å². The maximum Gasteiger partial charge on any atom is 0.223 e. The molecule has 1 aromatic carbocycles. The van der Waals surface area contributed by atoms with Gasteiger partial charge in [0.05, 0.1) is 13.0 Å². The van der Waals surface area contributed by atoms with Crippen LogP contribution in [0.4, 0.5) is 5.69 Å². The predicted molar refractivity (Wildman–Crippen MR) is 74.9 cm³/mol. The van der Waals surface area contributed by atoms with E-state index in [0.29, 0.717) is 31.0 Å². The molecule has 0 atom stereocenters. The Morgan fingerprint density at radius 1 is 1.21 bits per heavy atom. The summed E-state index contributed by atoms with van der Waals surface area (Å²) in [6.45, 7) is 1.22. The lowest BCUT2D eigenvalue weighted by atomic mass is 10.2. The number of rotatable bonds is 9. The van der Waals surface area contributed by atoms with Crippen molar-refractivity contribution in [3.63, 3.8) is 0 Å². The molecule has 0 aliphatic carbocycles. The summed E-state index contributed by atoms with van der Waals surface area (Å²) in [4.78, 5) is 11.5. The molecule has 0 bridgehead atoms. The van der Waals surface area contributed by atoms with Crippen LogP contribution in [0.5, 0.6) is 5.75 Å². The highest BCUT2D eigenvalue weighted by molar-refractivity contribution is 5.75. The lowest BCUT2D eigenvalue weighted by molar-refractivity contribution is -0.121. The number of hydrogen-bond donors (Lipinski definition) is 3. The minimum absolute atomic E-state index is 0.0144. The SMILES string of the molecule is Nc1ccc(OCCC(=O)NCCCCCO)cc1. The number of hydrogen-bond acceptors (Lipinski definition) is 4. The molecule has 0 unspecified atom stereocenters. The summed E-state index contributed by atoms with van der Waals surface area (Å²) in [5.74, 6) is 0.699. The van der Waals surface area contributed by atoms with Gasteiger partial charge in [-0.05, 0) is 43.5 Å². The lowest BCUT2D eigenvalue weighted by Gasteiger charge is -2.07. The van der Waals surface area contributed by atoms with Crippen molar-refractivity contribution in [2.45, 2.75) is 25.7 Å². The molecule has 4 N–H and O–H groups in total. The first-order chi connectivity index (χ1) is 9.22. The van der Waals surface area contributed by atoms with Gasteiger partial charge in [-0.2, -0.15) is 0 Å². The van der Waals surface area contributed by atoms with E-state index in [4.69, 9.17) is 15.6 Å². The number of nitrogens with two attached hydrogens (primary N) is 1. The molecule has 5 heteroatoms. The Balaban J connectivity index is 2.05. The van der Waals surface area contributed by atoms with Crippen LogP contribution in [0.2, 0.25) is 0 Å². The van der Waals surface area contributed by atoms with Crippen LogP contribution in [-0.2, 0) is 4.79 Å². The van der Waals surface area contributed by atoms with E-state index >= 15 is 0 Å². The topological polar surface area (TPSA) is 84.6 Å². The van der Waals surface area contributed by atoms with E-state index in [2.05, 4.69) is 5.32 Å². The summed E-state index contributed by atoms with van der Waals surface area (Å²) in [5.41, 5.74) is 6.25. The third-order valence-electron chi connectivity index (χ3n) is 2.64. The van der Waals surface area contributed by atoms with Crippen molar-refractivity contribution in [1.29, 1.82) is 0 Å². The van der Waals surface area contributed by atoms with Gasteiger partial charge in [-0.15, -0.1) is 0 Å². The van der Waals surface area contributed by atoms with Crippen molar-refractivity contribution in [3.8, 4) is 5.75 Å². The zero-order valence-corrected chi connectivity index (χ0v) is 11.1. The average Bonchev–Trinajstić information content (AvgIpc) is 2.41. The fourth-order valence-corrected chi connectivity index (χ4v) is 1.56. The Morgan fingerprint density at radius 2 is 1.95 bits per heavy atom. The predicted octanol–water partition coefficient (Wildman–Crippen LogP) is 1.32. The highest BCUT2D eigenvalue weighted by Crippen LogP contribution is 2.12. The minimum atomic E-state index is -0.0144. The summed E-state index contributed by atoms with van der Waals surface area (Å²) < 4.78 is 5.43. The van der Waals surface area contributed by atoms with Gasteiger partial charge in [0.25, 0.3) is 0 Å². The highest BCUT2D eigenvalue weighted by atomic mass is 16.5. The molecule has 0 radical (unpaired) electrons. The van der Waals surface area contributed by atoms with Crippen LogP contribution < -0.4 is 15.8 Å². The molecular formula is C14H22N2O3. The molecular weight excluding hydrogens is 244 g/mol. The standard InChI is InChI=1S/C14H22N2O3/c15-12-4-6-13(7-5-12)19-11-8-14(18)16-9-2-1-3-10-17/h4-7,17H,1-3,8-11,15H2,(H,16,18). The summed E-state index contributed by atoms with van der Waals surface area (Å²) >= 11 is 0. The van der Waals surface area contributed by atoms with Crippen molar-refractivity contribution in [3.05, 3.63) is 24.3 Å².